The molecule has 1 aromatic heterocycles. The molecule has 0 aliphatic carbocycles. The number of nitrogens with zero attached hydrogens (tertiary/aromatic N) is 3. The van der Waals surface area contributed by atoms with E-state index >= 15 is 0 Å². The predicted molar refractivity (Wildman–Crippen MR) is 92.8 cm³/mol. The Kier molecular flexibility index (Phi) is 5.43. The van der Waals surface area contributed by atoms with Crippen LogP contribution in [0.1, 0.15) is 11.3 Å². The molecule has 0 N–H and O–H groups in total. The van der Waals surface area contributed by atoms with E-state index < -0.39 is 0 Å². The minimum absolute atomic E-state index is 0.295. The smallest absolute Gasteiger partial charge is 0.330 e. The highest BCUT2D eigenvalue weighted by Crippen LogP contribution is 2.24. The third-order valence-electron chi connectivity index (χ3n) is 3.74. The molecule has 0 spiro atoms. The zero-order valence-corrected chi connectivity index (χ0v) is 15.3. The summed E-state index contributed by atoms with van der Waals surface area (Å²) in [5, 5.41) is 0. The molecule has 0 radical (unpaired) electrons. The Balaban J connectivity index is 2.24. The van der Waals surface area contributed by atoms with Crippen LogP contribution >= 0.6 is 15.9 Å². The van der Waals surface area contributed by atoms with Crippen LogP contribution in [-0.4, -0.2) is 28.2 Å². The van der Waals surface area contributed by atoms with Crippen LogP contribution in [0.5, 0.6) is 5.75 Å². The zero-order chi connectivity index (χ0) is 17.1. The summed E-state index contributed by atoms with van der Waals surface area (Å²) in [5.41, 5.74) is 1.09. The van der Waals surface area contributed by atoms with Crippen LogP contribution in [0.15, 0.2) is 38.3 Å². The minimum atomic E-state index is -0.319. The van der Waals surface area contributed by atoms with E-state index in [2.05, 4.69) is 15.9 Å². The normalized spacial score (nSPS) is 11.0. The molecule has 0 fully saturated rings. The van der Waals surface area contributed by atoms with Gasteiger partial charge in [0.2, 0.25) is 0 Å². The predicted octanol–water partition coefficient (Wildman–Crippen LogP) is 1.49. The van der Waals surface area contributed by atoms with Gasteiger partial charge in [-0.05, 0) is 25.2 Å². The van der Waals surface area contributed by atoms with Crippen molar-refractivity contribution in [1.29, 1.82) is 0 Å². The summed E-state index contributed by atoms with van der Waals surface area (Å²) < 4.78 is 8.94. The number of ether oxygens (including phenoxy) is 1. The molecule has 2 rings (SSSR count). The maximum atomic E-state index is 12.0. The van der Waals surface area contributed by atoms with Crippen molar-refractivity contribution in [1.82, 2.24) is 14.0 Å². The molecule has 1 aromatic carbocycles. The molecule has 1 heterocycles. The average molecular weight is 382 g/mol. The maximum Gasteiger partial charge on any atom is 0.330 e. The van der Waals surface area contributed by atoms with Gasteiger partial charge < -0.3 is 4.74 Å². The maximum absolute atomic E-state index is 12.0. The molecule has 124 valence electrons. The second-order valence-electron chi connectivity index (χ2n) is 5.50. The van der Waals surface area contributed by atoms with Crippen molar-refractivity contribution < 1.29 is 4.74 Å². The van der Waals surface area contributed by atoms with Crippen LogP contribution in [0.3, 0.4) is 0 Å². The summed E-state index contributed by atoms with van der Waals surface area (Å²) in [4.78, 5) is 25.8. The first-order chi connectivity index (χ1) is 10.8. The van der Waals surface area contributed by atoms with E-state index in [1.165, 1.54) is 17.7 Å². The molecule has 0 saturated carbocycles. The Bertz CT molecular complexity index is 826. The van der Waals surface area contributed by atoms with E-state index in [0.29, 0.717) is 18.8 Å². The van der Waals surface area contributed by atoms with Crippen molar-refractivity contribution in [3.8, 4) is 5.75 Å². The van der Waals surface area contributed by atoms with Gasteiger partial charge in [0.05, 0.1) is 7.11 Å². The number of benzene rings is 1. The standard InChI is InChI=1S/C16H20BrN3O3/c1-18(9-11-7-12(17)5-6-14(11)23-4)10-13-8-15(21)20(3)16(22)19(13)2/h5-8H,9-10H2,1-4H3. The minimum Gasteiger partial charge on any atom is -0.496 e. The summed E-state index contributed by atoms with van der Waals surface area (Å²) in [6.45, 7) is 1.11. The molecule has 0 aliphatic heterocycles. The van der Waals surface area contributed by atoms with Gasteiger partial charge in [-0.3, -0.25) is 18.8 Å². The first-order valence-electron chi connectivity index (χ1n) is 7.10. The van der Waals surface area contributed by atoms with Crippen LogP contribution in [-0.2, 0) is 27.2 Å². The van der Waals surface area contributed by atoms with Crippen LogP contribution in [0, 0.1) is 0 Å². The Morgan fingerprint density at radius 3 is 2.48 bits per heavy atom. The van der Waals surface area contributed by atoms with E-state index in [-0.39, 0.29) is 11.2 Å². The van der Waals surface area contributed by atoms with Crippen LogP contribution < -0.4 is 16.0 Å². The fourth-order valence-corrected chi connectivity index (χ4v) is 2.83. The fourth-order valence-electron chi connectivity index (χ4n) is 2.42. The average Bonchev–Trinajstić information content (AvgIpc) is 2.50. The summed E-state index contributed by atoms with van der Waals surface area (Å²) in [5.74, 6) is 0.804. The van der Waals surface area contributed by atoms with Crippen LogP contribution in [0.2, 0.25) is 0 Å². The van der Waals surface area contributed by atoms with Gasteiger partial charge in [-0.15, -0.1) is 0 Å². The van der Waals surface area contributed by atoms with Gasteiger partial charge in [0.15, 0.2) is 0 Å². The number of halogens is 1. The number of hydrogen-bond donors (Lipinski definition) is 0. The van der Waals surface area contributed by atoms with E-state index in [1.54, 1.807) is 14.2 Å². The summed E-state index contributed by atoms with van der Waals surface area (Å²) in [6.07, 6.45) is 0. The molecule has 0 unspecified atom stereocenters. The molecular formula is C16H20BrN3O3. The lowest BCUT2D eigenvalue weighted by Gasteiger charge is -2.20. The summed E-state index contributed by atoms with van der Waals surface area (Å²) in [7, 11) is 6.72. The Labute approximate surface area is 143 Å². The molecule has 7 heteroatoms. The quantitative estimate of drug-likeness (QED) is 0.787. The molecule has 0 saturated heterocycles. The molecule has 6 nitrogen and oxygen atoms in total. The second-order valence-corrected chi connectivity index (χ2v) is 6.42. The van der Waals surface area contributed by atoms with Gasteiger partial charge >= 0.3 is 5.69 Å². The molecule has 0 bridgehead atoms. The number of aromatic nitrogens is 2. The van der Waals surface area contributed by atoms with Crippen molar-refractivity contribution >= 4 is 15.9 Å². The Morgan fingerprint density at radius 2 is 1.83 bits per heavy atom. The molecule has 2 aromatic rings. The first kappa shape index (κ1) is 17.5. The van der Waals surface area contributed by atoms with Gasteiger partial charge in [0.1, 0.15) is 5.75 Å². The third-order valence-corrected chi connectivity index (χ3v) is 4.23. The van der Waals surface area contributed by atoms with Gasteiger partial charge in [-0.1, -0.05) is 15.9 Å². The van der Waals surface area contributed by atoms with Crippen LogP contribution in [0.25, 0.3) is 0 Å². The van der Waals surface area contributed by atoms with Crippen molar-refractivity contribution in [2.75, 3.05) is 14.2 Å². The largest absolute Gasteiger partial charge is 0.496 e. The number of rotatable bonds is 5. The third kappa shape index (κ3) is 3.92. The molecule has 23 heavy (non-hydrogen) atoms. The summed E-state index contributed by atoms with van der Waals surface area (Å²) in [6, 6.07) is 7.32. The second kappa shape index (κ2) is 7.14. The lowest BCUT2D eigenvalue weighted by molar-refractivity contribution is 0.300. The van der Waals surface area contributed by atoms with Crippen molar-refractivity contribution in [3.05, 3.63) is 60.8 Å². The van der Waals surface area contributed by atoms with Gasteiger partial charge in [0.25, 0.3) is 5.56 Å². The van der Waals surface area contributed by atoms with E-state index in [1.807, 2.05) is 30.1 Å². The zero-order valence-electron chi connectivity index (χ0n) is 13.7. The van der Waals surface area contributed by atoms with Gasteiger partial charge in [0, 0.05) is 49.0 Å². The van der Waals surface area contributed by atoms with Crippen molar-refractivity contribution in [2.45, 2.75) is 13.1 Å². The van der Waals surface area contributed by atoms with Crippen molar-refractivity contribution in [3.63, 3.8) is 0 Å². The number of hydrogen-bond acceptors (Lipinski definition) is 4. The van der Waals surface area contributed by atoms with E-state index in [0.717, 1.165) is 20.4 Å². The molecule has 0 amide bonds. The van der Waals surface area contributed by atoms with Gasteiger partial charge in [-0.25, -0.2) is 4.79 Å². The lowest BCUT2D eigenvalue weighted by Crippen LogP contribution is -2.39. The fraction of sp³-hybridized carbons (Fsp3) is 0.375. The summed E-state index contributed by atoms with van der Waals surface area (Å²) >= 11 is 3.46. The van der Waals surface area contributed by atoms with Gasteiger partial charge in [-0.2, -0.15) is 0 Å². The molecule has 0 aliphatic rings. The number of methoxy groups -OCH3 is 1. The highest BCUT2D eigenvalue weighted by atomic mass is 79.9. The SMILES string of the molecule is COc1ccc(Br)cc1CN(C)Cc1cc(=O)n(C)c(=O)n1C. The molecular weight excluding hydrogens is 362 g/mol. The lowest BCUT2D eigenvalue weighted by atomic mass is 10.2. The highest BCUT2D eigenvalue weighted by Gasteiger charge is 2.11. The first-order valence-corrected chi connectivity index (χ1v) is 7.89. The highest BCUT2D eigenvalue weighted by molar-refractivity contribution is 9.10. The Morgan fingerprint density at radius 1 is 1.13 bits per heavy atom. The van der Waals surface area contributed by atoms with Crippen molar-refractivity contribution in [2.24, 2.45) is 14.1 Å². The molecule has 0 atom stereocenters. The Hall–Kier alpha value is -1.86. The monoisotopic (exact) mass is 381 g/mol. The van der Waals surface area contributed by atoms with E-state index in [4.69, 9.17) is 4.74 Å². The van der Waals surface area contributed by atoms with E-state index in [9.17, 15) is 9.59 Å². The van der Waals surface area contributed by atoms with Crippen LogP contribution in [0.4, 0.5) is 0 Å². The topological polar surface area (TPSA) is 56.5 Å².